The predicted molar refractivity (Wildman–Crippen MR) is 137 cm³/mol. The second-order valence-electron chi connectivity index (χ2n) is 10.5. The number of amides is 1. The molecular formula is C28H34FN3O5. The molecule has 8 nitrogen and oxygen atoms in total. The lowest BCUT2D eigenvalue weighted by Crippen LogP contribution is -2.45. The number of halogens is 1. The standard InChI is InChI=1S/C28H34FN3O5/c1-17-8-7-9-21(18(17)2)22(15-25(33)34)30-26(35)23-14-24(37-16-28(6,36)27(3,4)5)32(31-23)20-12-10-19(29)11-13-20/h7-14,22,36H,15-16H2,1-6H3,(H,30,35)(H,33,34)/t22-,28+/m0/s1. The number of carbonyl (C=O) groups is 2. The molecule has 1 heterocycles. The highest BCUT2D eigenvalue weighted by atomic mass is 19.1. The number of aliphatic hydroxyl groups is 1. The van der Waals surface area contributed by atoms with Gasteiger partial charge in [0.1, 0.15) is 18.0 Å². The molecule has 0 radical (unpaired) electrons. The van der Waals surface area contributed by atoms with Crippen molar-refractivity contribution in [3.63, 3.8) is 0 Å². The summed E-state index contributed by atoms with van der Waals surface area (Å²) in [7, 11) is 0. The summed E-state index contributed by atoms with van der Waals surface area (Å²) in [5.74, 6) is -1.92. The fraction of sp³-hybridized carbons (Fsp3) is 0.393. The van der Waals surface area contributed by atoms with E-state index in [0.717, 1.165) is 11.1 Å². The van der Waals surface area contributed by atoms with Crippen molar-refractivity contribution in [3.8, 4) is 11.6 Å². The second kappa shape index (κ2) is 10.7. The molecule has 9 heteroatoms. The number of aryl methyl sites for hydroxylation is 1. The average Bonchev–Trinajstić information content (AvgIpc) is 3.23. The van der Waals surface area contributed by atoms with E-state index in [1.54, 1.807) is 13.0 Å². The first kappa shape index (κ1) is 27.9. The van der Waals surface area contributed by atoms with Crippen LogP contribution in [0.1, 0.15) is 67.3 Å². The van der Waals surface area contributed by atoms with E-state index >= 15 is 0 Å². The first-order chi connectivity index (χ1) is 17.2. The molecule has 1 aromatic heterocycles. The summed E-state index contributed by atoms with van der Waals surface area (Å²) in [5.41, 5.74) is 1.29. The van der Waals surface area contributed by atoms with Crippen molar-refractivity contribution in [2.24, 2.45) is 5.41 Å². The number of rotatable bonds is 9. The lowest BCUT2D eigenvalue weighted by molar-refractivity contribution is -0.137. The van der Waals surface area contributed by atoms with Crippen LogP contribution >= 0.6 is 0 Å². The van der Waals surface area contributed by atoms with E-state index in [1.165, 1.54) is 35.0 Å². The van der Waals surface area contributed by atoms with Gasteiger partial charge in [0.2, 0.25) is 5.88 Å². The van der Waals surface area contributed by atoms with E-state index in [0.29, 0.717) is 11.3 Å². The minimum atomic E-state index is -1.21. The molecule has 0 aliphatic rings. The number of ether oxygens (including phenoxy) is 1. The highest BCUT2D eigenvalue weighted by molar-refractivity contribution is 5.93. The zero-order valence-electron chi connectivity index (χ0n) is 22.0. The van der Waals surface area contributed by atoms with Crippen LogP contribution in [0.4, 0.5) is 4.39 Å². The van der Waals surface area contributed by atoms with Gasteiger partial charge in [0, 0.05) is 6.07 Å². The largest absolute Gasteiger partial charge is 0.481 e. The van der Waals surface area contributed by atoms with E-state index in [4.69, 9.17) is 4.74 Å². The molecule has 0 fully saturated rings. The fourth-order valence-electron chi connectivity index (χ4n) is 3.57. The van der Waals surface area contributed by atoms with Crippen molar-refractivity contribution >= 4 is 11.9 Å². The van der Waals surface area contributed by atoms with E-state index in [2.05, 4.69) is 10.4 Å². The summed E-state index contributed by atoms with van der Waals surface area (Å²) in [6.07, 6.45) is -0.313. The first-order valence-corrected chi connectivity index (χ1v) is 12.0. The van der Waals surface area contributed by atoms with Crippen molar-refractivity contribution in [3.05, 3.63) is 76.7 Å². The number of hydrogen-bond donors (Lipinski definition) is 3. The van der Waals surface area contributed by atoms with Crippen LogP contribution in [0.2, 0.25) is 0 Å². The molecule has 0 unspecified atom stereocenters. The molecule has 2 atom stereocenters. The molecule has 2 aromatic carbocycles. The smallest absolute Gasteiger partial charge is 0.305 e. The van der Waals surface area contributed by atoms with E-state index in [1.807, 2.05) is 46.8 Å². The number of carboxylic acids is 1. The molecule has 37 heavy (non-hydrogen) atoms. The van der Waals surface area contributed by atoms with Gasteiger partial charge in [-0.25, -0.2) is 9.07 Å². The van der Waals surface area contributed by atoms with Crippen LogP contribution in [0.5, 0.6) is 5.88 Å². The minimum Gasteiger partial charge on any atom is -0.481 e. The highest BCUT2D eigenvalue weighted by Crippen LogP contribution is 2.31. The van der Waals surface area contributed by atoms with Gasteiger partial charge in [0.25, 0.3) is 5.91 Å². The average molecular weight is 512 g/mol. The van der Waals surface area contributed by atoms with Gasteiger partial charge in [-0.15, -0.1) is 0 Å². The lowest BCUT2D eigenvalue weighted by Gasteiger charge is -2.36. The molecule has 0 spiro atoms. The number of benzene rings is 2. The third-order valence-corrected chi connectivity index (χ3v) is 6.80. The summed E-state index contributed by atoms with van der Waals surface area (Å²) in [6, 6.07) is 11.6. The quantitative estimate of drug-likeness (QED) is 0.382. The molecule has 0 aliphatic heterocycles. The van der Waals surface area contributed by atoms with Gasteiger partial charge in [0.05, 0.1) is 18.2 Å². The number of hydrogen-bond acceptors (Lipinski definition) is 5. The molecule has 198 valence electrons. The maximum atomic E-state index is 13.5. The molecule has 0 saturated heterocycles. The maximum Gasteiger partial charge on any atom is 0.305 e. The van der Waals surface area contributed by atoms with Gasteiger partial charge in [0.15, 0.2) is 5.69 Å². The normalized spacial score (nSPS) is 14.1. The number of carbonyl (C=O) groups excluding carboxylic acids is 1. The van der Waals surface area contributed by atoms with E-state index < -0.39 is 34.8 Å². The van der Waals surface area contributed by atoms with Gasteiger partial charge < -0.3 is 20.3 Å². The summed E-state index contributed by atoms with van der Waals surface area (Å²) in [6.45, 7) is 11.0. The van der Waals surface area contributed by atoms with Crippen LogP contribution in [0, 0.1) is 25.1 Å². The number of nitrogens with zero attached hydrogens (tertiary/aromatic N) is 2. The Kier molecular flexibility index (Phi) is 8.07. The predicted octanol–water partition coefficient (Wildman–Crippen LogP) is 4.75. The molecular weight excluding hydrogens is 477 g/mol. The van der Waals surface area contributed by atoms with Crippen LogP contribution in [0.3, 0.4) is 0 Å². The van der Waals surface area contributed by atoms with Crippen molar-refractivity contribution in [1.29, 1.82) is 0 Å². The monoisotopic (exact) mass is 511 g/mol. The van der Waals surface area contributed by atoms with Crippen molar-refractivity contribution in [2.75, 3.05) is 6.61 Å². The van der Waals surface area contributed by atoms with Crippen LogP contribution in [-0.4, -0.2) is 44.1 Å². The Morgan fingerprint density at radius 2 is 1.76 bits per heavy atom. The number of nitrogens with one attached hydrogen (secondary N) is 1. The van der Waals surface area contributed by atoms with Crippen LogP contribution in [0.15, 0.2) is 48.5 Å². The van der Waals surface area contributed by atoms with Gasteiger partial charge in [-0.1, -0.05) is 39.0 Å². The van der Waals surface area contributed by atoms with Crippen molar-refractivity contribution < 1.29 is 28.9 Å². The zero-order valence-corrected chi connectivity index (χ0v) is 22.0. The summed E-state index contributed by atoms with van der Waals surface area (Å²) < 4.78 is 20.8. The molecule has 3 rings (SSSR count). The Labute approximate surface area is 216 Å². The second-order valence-corrected chi connectivity index (χ2v) is 10.5. The SMILES string of the molecule is Cc1cccc([C@H](CC(=O)O)NC(=O)c2cc(OC[C@@](C)(O)C(C)(C)C)n(-c3ccc(F)cc3)n2)c1C. The van der Waals surface area contributed by atoms with Gasteiger partial charge in [-0.2, -0.15) is 5.10 Å². The summed E-state index contributed by atoms with van der Waals surface area (Å²) in [5, 5.41) is 27.5. The summed E-state index contributed by atoms with van der Waals surface area (Å²) in [4.78, 5) is 24.9. The highest BCUT2D eigenvalue weighted by Gasteiger charge is 2.36. The zero-order chi connectivity index (χ0) is 27.5. The minimum absolute atomic E-state index is 0.0181. The number of aliphatic carboxylic acids is 1. The van der Waals surface area contributed by atoms with Crippen LogP contribution in [-0.2, 0) is 4.79 Å². The molecule has 3 aromatic rings. The Morgan fingerprint density at radius 1 is 1.11 bits per heavy atom. The topological polar surface area (TPSA) is 114 Å². The van der Waals surface area contributed by atoms with Crippen LogP contribution in [0.25, 0.3) is 5.69 Å². The summed E-state index contributed by atoms with van der Waals surface area (Å²) >= 11 is 0. The fourth-order valence-corrected chi connectivity index (χ4v) is 3.57. The molecule has 1 amide bonds. The molecule has 3 N–H and O–H groups in total. The third kappa shape index (κ3) is 6.54. The Bertz CT molecular complexity index is 1280. The van der Waals surface area contributed by atoms with E-state index in [9.17, 15) is 24.2 Å². The van der Waals surface area contributed by atoms with Crippen molar-refractivity contribution in [1.82, 2.24) is 15.1 Å². The Morgan fingerprint density at radius 3 is 2.35 bits per heavy atom. The Balaban J connectivity index is 1.96. The lowest BCUT2D eigenvalue weighted by atomic mass is 9.78. The van der Waals surface area contributed by atoms with Gasteiger partial charge >= 0.3 is 5.97 Å². The Hall–Kier alpha value is -3.72. The number of carboxylic acid groups (broad SMARTS) is 1. The van der Waals surface area contributed by atoms with Crippen LogP contribution < -0.4 is 10.1 Å². The van der Waals surface area contributed by atoms with Crippen molar-refractivity contribution in [2.45, 2.75) is 59.6 Å². The first-order valence-electron chi connectivity index (χ1n) is 12.0. The van der Waals surface area contributed by atoms with Gasteiger partial charge in [-0.05, 0) is 67.1 Å². The maximum absolute atomic E-state index is 13.5. The number of aromatic nitrogens is 2. The van der Waals surface area contributed by atoms with E-state index in [-0.39, 0.29) is 24.6 Å². The molecule has 0 bridgehead atoms. The molecule has 0 saturated carbocycles. The molecule has 0 aliphatic carbocycles. The van der Waals surface area contributed by atoms with Gasteiger partial charge in [-0.3, -0.25) is 9.59 Å². The third-order valence-electron chi connectivity index (χ3n) is 6.80.